The molecule has 0 aromatic heterocycles. The van der Waals surface area contributed by atoms with Gasteiger partial charge in [-0.1, -0.05) is 26.7 Å². The first-order valence-corrected chi connectivity index (χ1v) is 7.83. The summed E-state index contributed by atoms with van der Waals surface area (Å²) >= 11 is 0. The Labute approximate surface area is 119 Å². The van der Waals surface area contributed by atoms with Gasteiger partial charge in [0.05, 0.1) is 6.61 Å². The Hall–Kier alpha value is -0.120. The minimum absolute atomic E-state index is 0.173. The summed E-state index contributed by atoms with van der Waals surface area (Å²) in [5.41, 5.74) is 0.414. The van der Waals surface area contributed by atoms with Gasteiger partial charge in [0.1, 0.15) is 0 Å². The summed E-state index contributed by atoms with van der Waals surface area (Å²) in [6.07, 6.45) is 5.01. The first kappa shape index (κ1) is 16.9. The SMILES string of the molecule is CC(C)(CNC(C)(C)C)CN1CCCCCC1CO. The van der Waals surface area contributed by atoms with Crippen molar-refractivity contribution in [3.8, 4) is 0 Å². The maximum absolute atomic E-state index is 9.59. The Morgan fingerprint density at radius 3 is 2.37 bits per heavy atom. The first-order chi connectivity index (χ1) is 8.73. The van der Waals surface area contributed by atoms with Crippen LogP contribution < -0.4 is 5.32 Å². The zero-order chi connectivity index (χ0) is 14.5. The van der Waals surface area contributed by atoms with Gasteiger partial charge in [-0.3, -0.25) is 4.90 Å². The minimum Gasteiger partial charge on any atom is -0.395 e. The van der Waals surface area contributed by atoms with Crippen molar-refractivity contribution < 1.29 is 5.11 Å². The first-order valence-electron chi connectivity index (χ1n) is 7.83. The van der Waals surface area contributed by atoms with E-state index in [0.29, 0.717) is 12.6 Å². The second kappa shape index (κ2) is 7.05. The lowest BCUT2D eigenvalue weighted by Crippen LogP contribution is -2.49. The molecule has 3 heteroatoms. The fourth-order valence-electron chi connectivity index (χ4n) is 2.76. The molecule has 114 valence electrons. The lowest BCUT2D eigenvalue weighted by molar-refractivity contribution is 0.0837. The Balaban J connectivity index is 2.53. The fourth-order valence-corrected chi connectivity index (χ4v) is 2.76. The van der Waals surface area contributed by atoms with Gasteiger partial charge in [0.2, 0.25) is 0 Å². The van der Waals surface area contributed by atoms with Crippen LogP contribution in [0.5, 0.6) is 0 Å². The number of hydrogen-bond donors (Lipinski definition) is 2. The summed E-state index contributed by atoms with van der Waals surface area (Å²) in [4.78, 5) is 2.51. The second-order valence-electron chi connectivity index (χ2n) is 7.92. The Bertz CT molecular complexity index is 258. The molecule has 0 amide bonds. The molecule has 2 N–H and O–H groups in total. The Morgan fingerprint density at radius 2 is 1.79 bits per heavy atom. The van der Waals surface area contributed by atoms with Gasteiger partial charge in [-0.05, 0) is 45.6 Å². The standard InChI is InChI=1S/C16H34N2O/c1-15(2,3)17-12-16(4,5)13-18-10-8-6-7-9-14(18)11-19/h14,17,19H,6-13H2,1-5H3. The average Bonchev–Trinajstić information content (AvgIpc) is 2.50. The van der Waals surface area contributed by atoms with E-state index in [0.717, 1.165) is 26.1 Å². The summed E-state index contributed by atoms with van der Waals surface area (Å²) in [5, 5.41) is 13.2. The molecule has 1 unspecified atom stereocenters. The van der Waals surface area contributed by atoms with E-state index >= 15 is 0 Å². The number of aliphatic hydroxyl groups excluding tert-OH is 1. The number of hydrogen-bond acceptors (Lipinski definition) is 3. The lowest BCUT2D eigenvalue weighted by Gasteiger charge is -2.38. The van der Waals surface area contributed by atoms with E-state index in [1.54, 1.807) is 0 Å². The van der Waals surface area contributed by atoms with Gasteiger partial charge in [-0.25, -0.2) is 0 Å². The van der Waals surface area contributed by atoms with Crippen molar-refractivity contribution in [3.05, 3.63) is 0 Å². The van der Waals surface area contributed by atoms with E-state index < -0.39 is 0 Å². The molecular formula is C16H34N2O. The molecule has 1 heterocycles. The van der Waals surface area contributed by atoms with Crippen molar-refractivity contribution in [1.29, 1.82) is 0 Å². The molecule has 0 bridgehead atoms. The summed E-state index contributed by atoms with van der Waals surface area (Å²) < 4.78 is 0. The van der Waals surface area contributed by atoms with Crippen LogP contribution in [0.2, 0.25) is 0 Å². The molecule has 1 atom stereocenters. The van der Waals surface area contributed by atoms with Crippen LogP contribution in [0.4, 0.5) is 0 Å². The number of nitrogens with zero attached hydrogens (tertiary/aromatic N) is 1. The summed E-state index contributed by atoms with van der Waals surface area (Å²) in [7, 11) is 0. The highest BCUT2D eigenvalue weighted by atomic mass is 16.3. The molecule has 0 radical (unpaired) electrons. The zero-order valence-electron chi connectivity index (χ0n) is 13.6. The third-order valence-electron chi connectivity index (χ3n) is 3.94. The number of aliphatic hydroxyl groups is 1. The minimum atomic E-state index is 0.173. The Morgan fingerprint density at radius 1 is 1.11 bits per heavy atom. The van der Waals surface area contributed by atoms with Crippen LogP contribution in [0.3, 0.4) is 0 Å². The number of likely N-dealkylation sites (tertiary alicyclic amines) is 1. The van der Waals surface area contributed by atoms with Crippen LogP contribution >= 0.6 is 0 Å². The molecule has 3 nitrogen and oxygen atoms in total. The van der Waals surface area contributed by atoms with Gasteiger partial charge in [0.15, 0.2) is 0 Å². The van der Waals surface area contributed by atoms with Gasteiger partial charge >= 0.3 is 0 Å². The van der Waals surface area contributed by atoms with Gasteiger partial charge in [-0.2, -0.15) is 0 Å². The molecule has 1 aliphatic heterocycles. The fraction of sp³-hybridized carbons (Fsp3) is 1.00. The molecule has 1 saturated heterocycles. The topological polar surface area (TPSA) is 35.5 Å². The quantitative estimate of drug-likeness (QED) is 0.806. The second-order valence-corrected chi connectivity index (χ2v) is 7.92. The largest absolute Gasteiger partial charge is 0.395 e. The molecule has 1 fully saturated rings. The van der Waals surface area contributed by atoms with Crippen LogP contribution in [-0.2, 0) is 0 Å². The zero-order valence-corrected chi connectivity index (χ0v) is 13.6. The molecule has 0 aliphatic carbocycles. The van der Waals surface area contributed by atoms with Crippen LogP contribution in [0.15, 0.2) is 0 Å². The van der Waals surface area contributed by atoms with Crippen molar-refractivity contribution >= 4 is 0 Å². The van der Waals surface area contributed by atoms with Crippen LogP contribution in [0.1, 0.15) is 60.3 Å². The highest BCUT2D eigenvalue weighted by molar-refractivity contribution is 4.84. The maximum atomic E-state index is 9.59. The predicted molar refractivity (Wildman–Crippen MR) is 82.5 cm³/mol. The van der Waals surface area contributed by atoms with Crippen molar-refractivity contribution in [1.82, 2.24) is 10.2 Å². The molecular weight excluding hydrogens is 236 g/mol. The van der Waals surface area contributed by atoms with E-state index in [4.69, 9.17) is 0 Å². The van der Waals surface area contributed by atoms with E-state index in [1.165, 1.54) is 19.3 Å². The average molecular weight is 270 g/mol. The van der Waals surface area contributed by atoms with E-state index in [2.05, 4.69) is 44.8 Å². The van der Waals surface area contributed by atoms with Crippen molar-refractivity contribution in [2.45, 2.75) is 71.9 Å². The predicted octanol–water partition coefficient (Wildman–Crippen LogP) is 2.64. The van der Waals surface area contributed by atoms with E-state index in [9.17, 15) is 5.11 Å². The molecule has 1 aliphatic rings. The summed E-state index contributed by atoms with van der Waals surface area (Å²) in [6, 6.07) is 0.372. The molecule has 1 rings (SSSR count). The molecule has 19 heavy (non-hydrogen) atoms. The summed E-state index contributed by atoms with van der Waals surface area (Å²) in [6.45, 7) is 14.8. The highest BCUT2D eigenvalue weighted by Crippen LogP contribution is 2.23. The van der Waals surface area contributed by atoms with Crippen LogP contribution in [-0.4, -0.2) is 47.8 Å². The van der Waals surface area contributed by atoms with Crippen LogP contribution in [0, 0.1) is 5.41 Å². The van der Waals surface area contributed by atoms with Gasteiger partial charge < -0.3 is 10.4 Å². The third-order valence-corrected chi connectivity index (χ3v) is 3.94. The van der Waals surface area contributed by atoms with Gasteiger partial charge in [-0.15, -0.1) is 0 Å². The monoisotopic (exact) mass is 270 g/mol. The van der Waals surface area contributed by atoms with Crippen molar-refractivity contribution in [3.63, 3.8) is 0 Å². The number of nitrogens with one attached hydrogen (secondary N) is 1. The third kappa shape index (κ3) is 6.73. The normalized spacial score (nSPS) is 23.4. The van der Waals surface area contributed by atoms with Gasteiger partial charge in [0.25, 0.3) is 0 Å². The molecule has 0 spiro atoms. The molecule has 0 aromatic carbocycles. The van der Waals surface area contributed by atoms with Crippen LogP contribution in [0.25, 0.3) is 0 Å². The van der Waals surface area contributed by atoms with E-state index in [1.807, 2.05) is 0 Å². The van der Waals surface area contributed by atoms with E-state index in [-0.39, 0.29) is 11.0 Å². The maximum Gasteiger partial charge on any atom is 0.0586 e. The highest BCUT2D eigenvalue weighted by Gasteiger charge is 2.28. The lowest BCUT2D eigenvalue weighted by atomic mass is 9.90. The smallest absolute Gasteiger partial charge is 0.0586 e. The van der Waals surface area contributed by atoms with Crippen molar-refractivity contribution in [2.75, 3.05) is 26.2 Å². The summed E-state index contributed by atoms with van der Waals surface area (Å²) in [5.74, 6) is 0. The Kier molecular flexibility index (Phi) is 6.28. The number of rotatable bonds is 5. The molecule has 0 aromatic rings. The van der Waals surface area contributed by atoms with Gasteiger partial charge in [0, 0.05) is 24.7 Å². The molecule has 0 saturated carbocycles. The van der Waals surface area contributed by atoms with Crippen molar-refractivity contribution in [2.24, 2.45) is 5.41 Å².